The van der Waals surface area contributed by atoms with Crippen molar-refractivity contribution in [1.82, 2.24) is 5.32 Å². The number of carbonyl (C=O) groups excluding carboxylic acids is 1. The molecule has 0 spiro atoms. The fourth-order valence-electron chi connectivity index (χ4n) is 2.26. The maximum Gasteiger partial charge on any atom is 0.230 e. The second-order valence-electron chi connectivity index (χ2n) is 3.77. The van der Waals surface area contributed by atoms with E-state index in [0.29, 0.717) is 13.2 Å². The minimum Gasteiger partial charge on any atom is -0.371 e. The molecule has 3 heteroatoms. The average molecular weight is 189 g/mol. The van der Waals surface area contributed by atoms with Crippen LogP contribution in [0.2, 0.25) is 0 Å². The molecule has 0 saturated carbocycles. The maximum atomic E-state index is 11.6. The zero-order valence-corrected chi connectivity index (χ0v) is 7.69. The summed E-state index contributed by atoms with van der Waals surface area (Å²) in [6.45, 7) is 1.28. The quantitative estimate of drug-likeness (QED) is 0.655. The van der Waals surface area contributed by atoms with Gasteiger partial charge in [-0.1, -0.05) is 24.3 Å². The van der Waals surface area contributed by atoms with Gasteiger partial charge in [0.25, 0.3) is 0 Å². The molecular formula is C11H11NO2. The Morgan fingerprint density at radius 1 is 1.36 bits per heavy atom. The molecule has 1 aromatic rings. The summed E-state index contributed by atoms with van der Waals surface area (Å²) in [5.41, 5.74) is 2.28. The molecule has 0 bridgehead atoms. The first kappa shape index (κ1) is 8.00. The zero-order valence-electron chi connectivity index (χ0n) is 7.69. The smallest absolute Gasteiger partial charge is 0.230 e. The Morgan fingerprint density at radius 2 is 2.21 bits per heavy atom. The van der Waals surface area contributed by atoms with Gasteiger partial charge in [0.05, 0.1) is 18.6 Å². The maximum absolute atomic E-state index is 11.6. The van der Waals surface area contributed by atoms with Crippen molar-refractivity contribution in [3.63, 3.8) is 0 Å². The SMILES string of the molecule is O=C1NCC2OCc3ccccc3C12. The highest BCUT2D eigenvalue weighted by Crippen LogP contribution is 2.33. The molecule has 72 valence electrons. The summed E-state index contributed by atoms with van der Waals surface area (Å²) in [4.78, 5) is 11.6. The molecule has 2 heterocycles. The molecular weight excluding hydrogens is 178 g/mol. The number of hydrogen-bond donors (Lipinski definition) is 1. The summed E-state index contributed by atoms with van der Waals surface area (Å²) >= 11 is 0. The van der Waals surface area contributed by atoms with Crippen LogP contribution >= 0.6 is 0 Å². The lowest BCUT2D eigenvalue weighted by atomic mass is 9.89. The lowest BCUT2D eigenvalue weighted by molar-refractivity contribution is -0.122. The van der Waals surface area contributed by atoms with E-state index < -0.39 is 0 Å². The molecule has 1 N–H and O–H groups in total. The minimum absolute atomic E-state index is 0.0393. The molecule has 1 fully saturated rings. The summed E-state index contributed by atoms with van der Waals surface area (Å²) < 4.78 is 5.62. The van der Waals surface area contributed by atoms with Crippen molar-refractivity contribution in [2.75, 3.05) is 6.54 Å². The van der Waals surface area contributed by atoms with Crippen molar-refractivity contribution >= 4 is 5.91 Å². The third-order valence-corrected chi connectivity index (χ3v) is 2.97. The van der Waals surface area contributed by atoms with E-state index in [0.717, 1.165) is 11.1 Å². The van der Waals surface area contributed by atoms with Crippen molar-refractivity contribution in [1.29, 1.82) is 0 Å². The zero-order chi connectivity index (χ0) is 9.54. The Hall–Kier alpha value is -1.35. The summed E-state index contributed by atoms with van der Waals surface area (Å²) in [5, 5.41) is 2.84. The molecule has 2 aliphatic rings. The average Bonchev–Trinajstić information content (AvgIpc) is 2.61. The van der Waals surface area contributed by atoms with E-state index in [1.54, 1.807) is 0 Å². The Balaban J connectivity index is 2.11. The van der Waals surface area contributed by atoms with Crippen molar-refractivity contribution in [2.24, 2.45) is 0 Å². The van der Waals surface area contributed by atoms with Crippen LogP contribution in [0, 0.1) is 0 Å². The molecule has 1 amide bonds. The van der Waals surface area contributed by atoms with Crippen LogP contribution in [0.4, 0.5) is 0 Å². The van der Waals surface area contributed by atoms with Crippen molar-refractivity contribution in [2.45, 2.75) is 18.6 Å². The standard InChI is InChI=1S/C11H11NO2/c13-11-10-8-4-2-1-3-7(8)6-14-9(10)5-12-11/h1-4,9-10H,5-6H2,(H,12,13). The first-order valence-electron chi connectivity index (χ1n) is 4.83. The topological polar surface area (TPSA) is 38.3 Å². The van der Waals surface area contributed by atoms with Gasteiger partial charge in [-0.15, -0.1) is 0 Å². The van der Waals surface area contributed by atoms with Gasteiger partial charge in [0.1, 0.15) is 0 Å². The highest BCUT2D eigenvalue weighted by atomic mass is 16.5. The molecule has 14 heavy (non-hydrogen) atoms. The second kappa shape index (κ2) is 2.82. The van der Waals surface area contributed by atoms with Gasteiger partial charge in [0, 0.05) is 6.54 Å². The molecule has 0 aliphatic carbocycles. The highest BCUT2D eigenvalue weighted by molar-refractivity contribution is 5.87. The predicted octanol–water partition coefficient (Wildman–Crippen LogP) is 0.799. The van der Waals surface area contributed by atoms with Gasteiger partial charge >= 0.3 is 0 Å². The third-order valence-electron chi connectivity index (χ3n) is 2.97. The number of hydrogen-bond acceptors (Lipinski definition) is 2. The van der Waals surface area contributed by atoms with Gasteiger partial charge in [-0.25, -0.2) is 0 Å². The summed E-state index contributed by atoms with van der Waals surface area (Å²) in [7, 11) is 0. The van der Waals surface area contributed by atoms with E-state index in [9.17, 15) is 4.79 Å². The monoisotopic (exact) mass is 189 g/mol. The van der Waals surface area contributed by atoms with Crippen LogP contribution in [-0.2, 0) is 16.1 Å². The molecule has 3 nitrogen and oxygen atoms in total. The number of benzene rings is 1. The van der Waals surface area contributed by atoms with Crippen LogP contribution in [0.5, 0.6) is 0 Å². The van der Waals surface area contributed by atoms with E-state index >= 15 is 0 Å². The summed E-state index contributed by atoms with van der Waals surface area (Å²) in [5.74, 6) is 0.0158. The van der Waals surface area contributed by atoms with Crippen LogP contribution < -0.4 is 5.32 Å². The molecule has 0 aromatic heterocycles. The predicted molar refractivity (Wildman–Crippen MR) is 50.8 cm³/mol. The van der Waals surface area contributed by atoms with E-state index in [2.05, 4.69) is 5.32 Å². The molecule has 2 unspecified atom stereocenters. The van der Waals surface area contributed by atoms with Crippen LogP contribution in [0.15, 0.2) is 24.3 Å². The van der Waals surface area contributed by atoms with Crippen LogP contribution in [-0.4, -0.2) is 18.6 Å². The Morgan fingerprint density at radius 3 is 3.14 bits per heavy atom. The van der Waals surface area contributed by atoms with Crippen LogP contribution in [0.1, 0.15) is 17.0 Å². The first-order chi connectivity index (χ1) is 6.86. The number of fused-ring (bicyclic) bond motifs is 3. The van der Waals surface area contributed by atoms with Gasteiger partial charge in [0.15, 0.2) is 0 Å². The van der Waals surface area contributed by atoms with Crippen LogP contribution in [0.3, 0.4) is 0 Å². The number of carbonyl (C=O) groups is 1. The van der Waals surface area contributed by atoms with E-state index in [-0.39, 0.29) is 17.9 Å². The highest BCUT2D eigenvalue weighted by Gasteiger charge is 2.40. The molecule has 1 aromatic carbocycles. The molecule has 2 atom stereocenters. The van der Waals surface area contributed by atoms with E-state index in [4.69, 9.17) is 4.74 Å². The van der Waals surface area contributed by atoms with E-state index in [1.165, 1.54) is 0 Å². The van der Waals surface area contributed by atoms with Gasteiger partial charge in [-0.2, -0.15) is 0 Å². The van der Waals surface area contributed by atoms with Crippen molar-refractivity contribution in [3.8, 4) is 0 Å². The summed E-state index contributed by atoms with van der Waals surface area (Å²) in [6, 6.07) is 8.01. The largest absolute Gasteiger partial charge is 0.371 e. The second-order valence-corrected chi connectivity index (χ2v) is 3.77. The van der Waals surface area contributed by atoms with E-state index in [1.807, 2.05) is 24.3 Å². The van der Waals surface area contributed by atoms with Gasteiger partial charge < -0.3 is 10.1 Å². The van der Waals surface area contributed by atoms with Gasteiger partial charge in [0.2, 0.25) is 5.91 Å². The van der Waals surface area contributed by atoms with Crippen LogP contribution in [0.25, 0.3) is 0 Å². The lowest BCUT2D eigenvalue weighted by Crippen LogP contribution is -2.27. The fourth-order valence-corrected chi connectivity index (χ4v) is 2.26. The molecule has 1 saturated heterocycles. The lowest BCUT2D eigenvalue weighted by Gasteiger charge is -2.26. The normalized spacial score (nSPS) is 29.3. The number of ether oxygens (including phenoxy) is 1. The molecule has 2 aliphatic heterocycles. The van der Waals surface area contributed by atoms with Gasteiger partial charge in [-0.05, 0) is 11.1 Å². The third kappa shape index (κ3) is 0.990. The van der Waals surface area contributed by atoms with Crippen molar-refractivity contribution < 1.29 is 9.53 Å². The van der Waals surface area contributed by atoms with Gasteiger partial charge in [-0.3, -0.25) is 4.79 Å². The Labute approximate surface area is 82.1 Å². The first-order valence-corrected chi connectivity index (χ1v) is 4.83. The number of rotatable bonds is 0. The number of nitrogens with one attached hydrogen (secondary N) is 1. The minimum atomic E-state index is -0.0834. The Bertz CT molecular complexity index is 389. The molecule has 3 rings (SSSR count). The fraction of sp³-hybridized carbons (Fsp3) is 0.364. The number of amides is 1. The molecule has 0 radical (unpaired) electrons. The summed E-state index contributed by atoms with van der Waals surface area (Å²) in [6.07, 6.45) is 0.0393. The van der Waals surface area contributed by atoms with Crippen molar-refractivity contribution in [3.05, 3.63) is 35.4 Å². The Kier molecular flexibility index (Phi) is 1.61.